The second-order valence-corrected chi connectivity index (χ2v) is 6.95. The van der Waals surface area contributed by atoms with Crippen LogP contribution in [0.5, 0.6) is 5.75 Å². The zero-order chi connectivity index (χ0) is 19.2. The van der Waals surface area contributed by atoms with Gasteiger partial charge in [0.15, 0.2) is 5.78 Å². The number of rotatable bonds is 6. The van der Waals surface area contributed by atoms with Crippen molar-refractivity contribution >= 4 is 17.8 Å². The molecule has 26 heavy (non-hydrogen) atoms. The van der Waals surface area contributed by atoms with Gasteiger partial charge in [-0.15, -0.1) is 0 Å². The lowest BCUT2D eigenvalue weighted by Gasteiger charge is -2.18. The van der Waals surface area contributed by atoms with Gasteiger partial charge in [-0.1, -0.05) is 36.4 Å². The molecule has 0 atom stereocenters. The second-order valence-electron chi connectivity index (χ2n) is 6.95. The van der Waals surface area contributed by atoms with E-state index in [1.54, 1.807) is 45.0 Å². The Bertz CT molecular complexity index is 799. The molecular weight excluding hydrogens is 328 g/mol. The van der Waals surface area contributed by atoms with Crippen molar-refractivity contribution in [2.45, 2.75) is 39.9 Å². The van der Waals surface area contributed by atoms with Crippen LogP contribution in [0.25, 0.3) is 6.08 Å². The van der Waals surface area contributed by atoms with Gasteiger partial charge < -0.3 is 9.47 Å². The Kier molecular flexibility index (Phi) is 6.34. The van der Waals surface area contributed by atoms with Gasteiger partial charge in [-0.25, -0.2) is 4.79 Å². The molecular formula is C22H24O4. The lowest BCUT2D eigenvalue weighted by atomic mass is 10.0. The molecule has 0 N–H and O–H groups in total. The van der Waals surface area contributed by atoms with Crippen LogP contribution in [0.4, 0.5) is 0 Å². The van der Waals surface area contributed by atoms with Crippen LogP contribution in [-0.2, 0) is 16.1 Å². The summed E-state index contributed by atoms with van der Waals surface area (Å²) in [5.41, 5.74) is 1.64. The molecule has 2 rings (SSSR count). The van der Waals surface area contributed by atoms with E-state index in [9.17, 15) is 9.59 Å². The highest BCUT2D eigenvalue weighted by Gasteiger charge is 2.14. The predicted octanol–water partition coefficient (Wildman–Crippen LogP) is 4.82. The Hall–Kier alpha value is -2.88. The molecule has 136 valence electrons. The molecule has 2 aromatic rings. The molecule has 0 bridgehead atoms. The van der Waals surface area contributed by atoms with E-state index in [0.29, 0.717) is 23.5 Å². The van der Waals surface area contributed by atoms with Crippen LogP contribution < -0.4 is 4.74 Å². The van der Waals surface area contributed by atoms with Crippen molar-refractivity contribution in [3.63, 3.8) is 0 Å². The molecule has 0 aliphatic heterocycles. The normalized spacial score (nSPS) is 11.4. The molecule has 4 heteroatoms. The van der Waals surface area contributed by atoms with Crippen LogP contribution in [0.3, 0.4) is 0 Å². The van der Waals surface area contributed by atoms with Crippen molar-refractivity contribution in [3.8, 4) is 5.75 Å². The average Bonchev–Trinajstić information content (AvgIpc) is 2.57. The first-order chi connectivity index (χ1) is 12.2. The third kappa shape index (κ3) is 6.20. The minimum absolute atomic E-state index is 0.0981. The van der Waals surface area contributed by atoms with E-state index < -0.39 is 11.6 Å². The topological polar surface area (TPSA) is 52.6 Å². The Morgan fingerprint density at radius 3 is 2.35 bits per heavy atom. The first-order valence-electron chi connectivity index (χ1n) is 8.47. The van der Waals surface area contributed by atoms with E-state index in [-0.39, 0.29) is 5.78 Å². The number of hydrogen-bond donors (Lipinski definition) is 0. The Morgan fingerprint density at radius 2 is 1.73 bits per heavy atom. The van der Waals surface area contributed by atoms with Crippen LogP contribution in [-0.4, -0.2) is 17.4 Å². The zero-order valence-electron chi connectivity index (χ0n) is 15.6. The van der Waals surface area contributed by atoms with Crippen molar-refractivity contribution in [2.24, 2.45) is 0 Å². The molecule has 0 amide bonds. The smallest absolute Gasteiger partial charge is 0.331 e. The zero-order valence-corrected chi connectivity index (χ0v) is 15.6. The van der Waals surface area contributed by atoms with Gasteiger partial charge in [-0.2, -0.15) is 0 Å². The number of benzene rings is 2. The van der Waals surface area contributed by atoms with E-state index in [2.05, 4.69) is 0 Å². The minimum atomic E-state index is -0.556. The largest absolute Gasteiger partial charge is 0.489 e. The van der Waals surface area contributed by atoms with Crippen molar-refractivity contribution in [1.82, 2.24) is 0 Å². The van der Waals surface area contributed by atoms with Crippen LogP contribution in [0.2, 0.25) is 0 Å². The van der Waals surface area contributed by atoms with E-state index >= 15 is 0 Å². The van der Waals surface area contributed by atoms with Gasteiger partial charge in [-0.05, 0) is 57.0 Å². The quantitative estimate of drug-likeness (QED) is 0.425. The van der Waals surface area contributed by atoms with Gasteiger partial charge in [0.1, 0.15) is 18.0 Å². The van der Waals surface area contributed by atoms with Gasteiger partial charge in [0.05, 0.1) is 0 Å². The van der Waals surface area contributed by atoms with Crippen molar-refractivity contribution in [2.75, 3.05) is 0 Å². The first kappa shape index (κ1) is 19.4. The summed E-state index contributed by atoms with van der Waals surface area (Å²) in [4.78, 5) is 23.8. The summed E-state index contributed by atoms with van der Waals surface area (Å²) in [6, 6.07) is 15.0. The van der Waals surface area contributed by atoms with Gasteiger partial charge in [0, 0.05) is 11.6 Å². The summed E-state index contributed by atoms with van der Waals surface area (Å²) in [5, 5.41) is 0. The molecule has 0 aliphatic rings. The van der Waals surface area contributed by atoms with Gasteiger partial charge in [0.2, 0.25) is 0 Å². The number of hydrogen-bond acceptors (Lipinski definition) is 4. The van der Waals surface area contributed by atoms with Gasteiger partial charge in [-0.3, -0.25) is 4.79 Å². The molecule has 4 nitrogen and oxygen atoms in total. The van der Waals surface area contributed by atoms with Gasteiger partial charge in [0.25, 0.3) is 0 Å². The highest BCUT2D eigenvalue weighted by molar-refractivity contribution is 5.99. The molecule has 0 unspecified atom stereocenters. The van der Waals surface area contributed by atoms with E-state index in [1.165, 1.54) is 13.0 Å². The number of esters is 1. The van der Waals surface area contributed by atoms with E-state index in [4.69, 9.17) is 9.47 Å². The summed E-state index contributed by atoms with van der Waals surface area (Å²) in [5.74, 6) is 0.0591. The van der Waals surface area contributed by atoms with Crippen LogP contribution >= 0.6 is 0 Å². The number of ketones is 1. The van der Waals surface area contributed by atoms with Crippen molar-refractivity contribution in [1.29, 1.82) is 0 Å². The molecule has 0 heterocycles. The highest BCUT2D eigenvalue weighted by Crippen LogP contribution is 2.21. The van der Waals surface area contributed by atoms with E-state index in [1.807, 2.05) is 30.3 Å². The first-order valence-corrected chi connectivity index (χ1v) is 8.47. The molecule has 0 saturated heterocycles. The SMILES string of the molecule is CC(=O)c1cc(OCc2ccccc2)ccc1/C=C/C(=O)OC(C)(C)C. The van der Waals surface area contributed by atoms with Crippen LogP contribution in [0.1, 0.15) is 49.2 Å². The summed E-state index contributed by atoms with van der Waals surface area (Å²) in [6.07, 6.45) is 2.92. The number of carbonyl (C=O) groups excluding carboxylic acids is 2. The summed E-state index contributed by atoms with van der Waals surface area (Å²) in [7, 11) is 0. The van der Waals surface area contributed by atoms with Crippen LogP contribution in [0.15, 0.2) is 54.6 Å². The lowest BCUT2D eigenvalue weighted by molar-refractivity contribution is -0.148. The molecule has 0 aliphatic carbocycles. The highest BCUT2D eigenvalue weighted by atomic mass is 16.6. The third-order valence-electron chi connectivity index (χ3n) is 3.46. The maximum absolute atomic E-state index is 12.0. The number of carbonyl (C=O) groups is 2. The second kappa shape index (κ2) is 8.48. The molecule has 0 aromatic heterocycles. The summed E-state index contributed by atoms with van der Waals surface area (Å²) in [6.45, 7) is 7.32. The number of Topliss-reactive ketones (excluding diaryl/α,β-unsaturated/α-hetero) is 1. The maximum Gasteiger partial charge on any atom is 0.331 e. The van der Waals surface area contributed by atoms with Gasteiger partial charge >= 0.3 is 5.97 Å². The fraction of sp³-hybridized carbons (Fsp3) is 0.273. The van der Waals surface area contributed by atoms with Crippen molar-refractivity contribution in [3.05, 3.63) is 71.3 Å². The summed E-state index contributed by atoms with van der Waals surface area (Å²) < 4.78 is 11.0. The maximum atomic E-state index is 12.0. The Labute approximate surface area is 154 Å². The standard InChI is InChI=1S/C22H24O4/c1-16(23)20-14-19(25-15-17-8-6-5-7-9-17)12-10-18(20)11-13-21(24)26-22(2,3)4/h5-14H,15H2,1-4H3/b13-11+. The van der Waals surface area contributed by atoms with E-state index in [0.717, 1.165) is 5.56 Å². The van der Waals surface area contributed by atoms with Crippen LogP contribution in [0, 0.1) is 0 Å². The lowest BCUT2D eigenvalue weighted by Crippen LogP contribution is -2.22. The molecule has 0 saturated carbocycles. The number of ether oxygens (including phenoxy) is 2. The fourth-order valence-corrected chi connectivity index (χ4v) is 2.31. The summed E-state index contributed by atoms with van der Waals surface area (Å²) >= 11 is 0. The minimum Gasteiger partial charge on any atom is -0.489 e. The molecule has 2 aromatic carbocycles. The average molecular weight is 352 g/mol. The Balaban J connectivity index is 2.13. The molecule has 0 radical (unpaired) electrons. The third-order valence-corrected chi connectivity index (χ3v) is 3.46. The molecule has 0 spiro atoms. The fourth-order valence-electron chi connectivity index (χ4n) is 2.31. The van der Waals surface area contributed by atoms with Crippen molar-refractivity contribution < 1.29 is 19.1 Å². The predicted molar refractivity (Wildman–Crippen MR) is 102 cm³/mol. The monoisotopic (exact) mass is 352 g/mol. The Morgan fingerprint density at radius 1 is 1.04 bits per heavy atom. The molecule has 0 fully saturated rings.